The molecule has 0 aliphatic carbocycles. The molecule has 122 valence electrons. The van der Waals surface area contributed by atoms with Gasteiger partial charge in [-0.1, -0.05) is 28.4 Å². The highest BCUT2D eigenvalue weighted by molar-refractivity contribution is 6.42. The summed E-state index contributed by atoms with van der Waals surface area (Å²) >= 11 is 12.5. The molecule has 0 aliphatic rings. The van der Waals surface area contributed by atoms with Crippen LogP contribution in [0.5, 0.6) is 0 Å². The van der Waals surface area contributed by atoms with Crippen LogP contribution in [0.15, 0.2) is 28.3 Å². The highest BCUT2D eigenvalue weighted by Gasteiger charge is 2.22. The van der Waals surface area contributed by atoms with Gasteiger partial charge in [0.05, 0.1) is 15.8 Å². The zero-order chi connectivity index (χ0) is 17.1. The number of aromatic amines is 1. The Labute approximate surface area is 142 Å². The quantitative estimate of drug-likeness (QED) is 0.508. The van der Waals surface area contributed by atoms with Gasteiger partial charge >= 0.3 is 0 Å². The van der Waals surface area contributed by atoms with Crippen LogP contribution < -0.4 is 5.56 Å². The molecule has 1 N–H and O–H groups in total. The molecule has 1 aromatic carbocycles. The lowest BCUT2D eigenvalue weighted by Gasteiger charge is -2.10. The van der Waals surface area contributed by atoms with Gasteiger partial charge in [0.1, 0.15) is 12.2 Å². The number of carbonyl (C=O) groups is 1. The highest BCUT2D eigenvalue weighted by atomic mass is 35.5. The third-order valence-electron chi connectivity index (χ3n) is 3.21. The molecule has 2 rings (SSSR count). The molecule has 0 amide bonds. The van der Waals surface area contributed by atoms with E-state index in [-0.39, 0.29) is 16.1 Å². The van der Waals surface area contributed by atoms with E-state index < -0.39 is 11.3 Å². The van der Waals surface area contributed by atoms with Crippen LogP contribution >= 0.6 is 23.2 Å². The molecule has 0 aliphatic heterocycles. The van der Waals surface area contributed by atoms with E-state index >= 15 is 0 Å². The van der Waals surface area contributed by atoms with Crippen LogP contribution in [-0.4, -0.2) is 27.9 Å². The van der Waals surface area contributed by atoms with E-state index in [2.05, 4.69) is 10.3 Å². The van der Waals surface area contributed by atoms with Crippen LogP contribution in [0.4, 0.5) is 0 Å². The maximum atomic E-state index is 12.6. The van der Waals surface area contributed by atoms with Crippen LogP contribution in [0.3, 0.4) is 0 Å². The van der Waals surface area contributed by atoms with Gasteiger partial charge in [-0.05, 0) is 26.0 Å². The van der Waals surface area contributed by atoms with Gasteiger partial charge in [0.15, 0.2) is 0 Å². The Morgan fingerprint density at radius 1 is 1.35 bits per heavy atom. The van der Waals surface area contributed by atoms with Crippen molar-refractivity contribution in [3.8, 4) is 0 Å². The molecule has 0 bridgehead atoms. The number of nitrogens with zero attached hydrogens (tertiary/aromatic N) is 2. The van der Waals surface area contributed by atoms with Crippen molar-refractivity contribution in [2.75, 3.05) is 6.61 Å². The molecule has 0 unspecified atom stereocenters. The molecule has 1 aromatic heterocycles. The maximum absolute atomic E-state index is 12.6. The number of hydrogen-bond donors (Lipinski definition) is 1. The van der Waals surface area contributed by atoms with E-state index in [1.807, 2.05) is 0 Å². The summed E-state index contributed by atoms with van der Waals surface area (Å²) in [5, 5.41) is 7.02. The Morgan fingerprint density at radius 3 is 2.61 bits per heavy atom. The number of nitrogens with one attached hydrogen (secondary N) is 1. The summed E-state index contributed by atoms with van der Waals surface area (Å²) in [5.74, 6) is -0.487. The summed E-state index contributed by atoms with van der Waals surface area (Å²) < 4.78 is 1.21. The molecule has 0 radical (unpaired) electrons. The van der Waals surface area contributed by atoms with Gasteiger partial charge in [-0.15, -0.1) is 0 Å². The molecule has 8 heteroatoms. The minimum atomic E-state index is -0.487. The van der Waals surface area contributed by atoms with Crippen LogP contribution in [0.2, 0.25) is 10.0 Å². The zero-order valence-corrected chi connectivity index (χ0v) is 14.3. The second-order valence-corrected chi connectivity index (χ2v) is 5.54. The first kappa shape index (κ1) is 17.3. The number of ketones is 1. The molecule has 23 heavy (non-hydrogen) atoms. The first-order valence-corrected chi connectivity index (χ1v) is 7.58. The van der Waals surface area contributed by atoms with Gasteiger partial charge < -0.3 is 9.94 Å². The molecular formula is C15H15Cl2N3O3. The minimum absolute atomic E-state index is 0.00192. The van der Waals surface area contributed by atoms with E-state index in [0.29, 0.717) is 22.9 Å². The smallest absolute Gasteiger partial charge is 0.277 e. The normalized spacial score (nSPS) is 11.6. The predicted molar refractivity (Wildman–Crippen MR) is 89.8 cm³/mol. The molecule has 1 heterocycles. The largest absolute Gasteiger partial charge is 0.396 e. The first-order chi connectivity index (χ1) is 10.9. The Hall–Kier alpha value is -2.05. The van der Waals surface area contributed by atoms with Crippen molar-refractivity contribution >= 4 is 34.7 Å². The Balaban J connectivity index is 2.55. The lowest BCUT2D eigenvalue weighted by atomic mass is 10.0. The third kappa shape index (κ3) is 3.33. The number of carbonyl (C=O) groups excluding carboxylic acids is 1. The van der Waals surface area contributed by atoms with Gasteiger partial charge in [0.25, 0.3) is 5.56 Å². The Bertz CT molecular complexity index is 837. The maximum Gasteiger partial charge on any atom is 0.277 e. The van der Waals surface area contributed by atoms with Gasteiger partial charge in [0.2, 0.25) is 5.78 Å². The van der Waals surface area contributed by atoms with E-state index in [0.717, 1.165) is 0 Å². The van der Waals surface area contributed by atoms with Crippen molar-refractivity contribution in [3.63, 3.8) is 0 Å². The molecule has 6 nitrogen and oxygen atoms in total. The van der Waals surface area contributed by atoms with Crippen LogP contribution in [-0.2, 0) is 11.9 Å². The second-order valence-electron chi connectivity index (χ2n) is 4.76. The van der Waals surface area contributed by atoms with Gasteiger partial charge in [-0.2, -0.15) is 0 Å². The van der Waals surface area contributed by atoms with E-state index in [1.54, 1.807) is 13.8 Å². The Kier molecular flexibility index (Phi) is 5.28. The number of aryl methyl sites for hydroxylation is 1. The van der Waals surface area contributed by atoms with Crippen LogP contribution in [0.1, 0.15) is 35.3 Å². The number of hydrogen-bond acceptors (Lipinski definition) is 4. The van der Waals surface area contributed by atoms with Crippen LogP contribution in [0.25, 0.3) is 0 Å². The minimum Gasteiger partial charge on any atom is -0.396 e. The fraction of sp³-hybridized carbons (Fsp3) is 0.267. The summed E-state index contributed by atoms with van der Waals surface area (Å²) in [6, 6.07) is 3.02. The number of halogens is 2. The first-order valence-electron chi connectivity index (χ1n) is 6.82. The summed E-state index contributed by atoms with van der Waals surface area (Å²) in [7, 11) is 1.52. The fourth-order valence-corrected chi connectivity index (χ4v) is 2.77. The number of H-pyrrole nitrogens is 1. The third-order valence-corrected chi connectivity index (χ3v) is 3.92. The molecule has 0 saturated carbocycles. The highest BCUT2D eigenvalue weighted by Crippen LogP contribution is 2.30. The fourth-order valence-electron chi connectivity index (χ4n) is 2.04. The van der Waals surface area contributed by atoms with E-state index in [1.165, 1.54) is 30.1 Å². The number of aromatic nitrogens is 2. The molecule has 0 spiro atoms. The average molecular weight is 356 g/mol. The van der Waals surface area contributed by atoms with Crippen molar-refractivity contribution in [1.29, 1.82) is 0 Å². The molecular weight excluding hydrogens is 341 g/mol. The molecule has 0 fully saturated rings. The summed E-state index contributed by atoms with van der Waals surface area (Å²) in [4.78, 5) is 29.5. The molecule has 0 saturated heterocycles. The lowest BCUT2D eigenvalue weighted by Crippen LogP contribution is -2.19. The van der Waals surface area contributed by atoms with Crippen molar-refractivity contribution in [3.05, 3.63) is 55.4 Å². The summed E-state index contributed by atoms with van der Waals surface area (Å²) in [6.07, 6.45) is 1.34. The van der Waals surface area contributed by atoms with E-state index in [9.17, 15) is 9.59 Å². The lowest BCUT2D eigenvalue weighted by molar-refractivity contribution is 0.103. The van der Waals surface area contributed by atoms with E-state index in [4.69, 9.17) is 28.0 Å². The van der Waals surface area contributed by atoms with Gasteiger partial charge in [-0.3, -0.25) is 14.3 Å². The summed E-state index contributed by atoms with van der Waals surface area (Å²) in [6.45, 7) is 3.86. The van der Waals surface area contributed by atoms with Crippen LogP contribution in [0, 0.1) is 0 Å². The number of rotatable bonds is 5. The standard InChI is InChI=1S/C15H15Cl2N3O3/c1-4-23-19-8(2)12-11(16)6-5-9(13(12)17)14(21)10-7-18-20(3)15(10)22/h5-7,18H,4H2,1-3H3. The summed E-state index contributed by atoms with van der Waals surface area (Å²) in [5.41, 5.74) is 0.594. The van der Waals surface area contributed by atoms with Crippen molar-refractivity contribution < 1.29 is 9.63 Å². The van der Waals surface area contributed by atoms with Gasteiger partial charge in [0, 0.05) is 24.4 Å². The molecule has 2 aromatic rings. The van der Waals surface area contributed by atoms with Crippen molar-refractivity contribution in [2.24, 2.45) is 12.2 Å². The second kappa shape index (κ2) is 7.02. The van der Waals surface area contributed by atoms with Crippen molar-refractivity contribution in [2.45, 2.75) is 13.8 Å². The van der Waals surface area contributed by atoms with Gasteiger partial charge in [-0.25, -0.2) is 0 Å². The Morgan fingerprint density at radius 2 is 2.04 bits per heavy atom. The number of benzene rings is 1. The average Bonchev–Trinajstić information content (AvgIpc) is 2.84. The van der Waals surface area contributed by atoms with Crippen molar-refractivity contribution in [1.82, 2.24) is 9.78 Å². The SMILES string of the molecule is CCON=C(C)c1c(Cl)ccc(C(=O)c2c[nH]n(C)c2=O)c1Cl. The molecule has 0 atom stereocenters. The zero-order valence-electron chi connectivity index (χ0n) is 12.8. The topological polar surface area (TPSA) is 76.4 Å². The predicted octanol–water partition coefficient (Wildman–Crippen LogP) is 3.01. The number of oxime groups is 1. The monoisotopic (exact) mass is 355 g/mol.